The first-order valence-corrected chi connectivity index (χ1v) is 12.2. The summed E-state index contributed by atoms with van der Waals surface area (Å²) in [5.41, 5.74) is 0.00716. The lowest BCUT2D eigenvalue weighted by Gasteiger charge is -2.18. The highest BCUT2D eigenvalue weighted by Gasteiger charge is 2.30. The summed E-state index contributed by atoms with van der Waals surface area (Å²) in [5, 5.41) is 13.6. The van der Waals surface area contributed by atoms with Crippen molar-refractivity contribution in [1.82, 2.24) is 5.32 Å². The van der Waals surface area contributed by atoms with E-state index < -0.39 is 35.5 Å². The van der Waals surface area contributed by atoms with E-state index in [9.17, 15) is 32.3 Å². The molecule has 4 aromatic rings. The summed E-state index contributed by atoms with van der Waals surface area (Å²) < 4.78 is 58.4. The van der Waals surface area contributed by atoms with E-state index >= 15 is 0 Å². The van der Waals surface area contributed by atoms with Crippen molar-refractivity contribution < 1.29 is 37.0 Å². The Labute approximate surface area is 229 Å². The summed E-state index contributed by atoms with van der Waals surface area (Å²) in [4.78, 5) is 25.2. The van der Waals surface area contributed by atoms with Crippen molar-refractivity contribution >= 4 is 45.9 Å². The topological polar surface area (TPSA) is 75.6 Å². The molecule has 1 amide bonds. The number of aliphatic carboxylic acids is 1. The van der Waals surface area contributed by atoms with Gasteiger partial charge in [0.25, 0.3) is 5.91 Å². The summed E-state index contributed by atoms with van der Waals surface area (Å²) in [7, 11) is 0. The van der Waals surface area contributed by atoms with Gasteiger partial charge in [0, 0.05) is 11.8 Å². The number of ether oxygens (including phenoxy) is 1. The number of carbonyl (C=O) groups is 2. The minimum atomic E-state index is -4.54. The lowest BCUT2D eigenvalue weighted by molar-refractivity contribution is -0.139. The van der Waals surface area contributed by atoms with Crippen LogP contribution >= 0.6 is 23.2 Å². The second-order valence-electron chi connectivity index (χ2n) is 8.61. The third-order valence-electron chi connectivity index (χ3n) is 5.87. The standard InChI is InChI=1S/C28H19Cl2F4NO4/c29-22-10-3-16(11-23(22)30)14-39-25-20-9-7-19(31)13-17(20)4-8-21(25)26(36)35-24(27(37)38)12-15-1-5-18(6-2-15)28(32,33)34/h1-11,13,24H,12,14H2,(H,35,36)(H,37,38). The first-order chi connectivity index (χ1) is 18.4. The van der Waals surface area contributed by atoms with Crippen molar-refractivity contribution in [2.45, 2.75) is 25.2 Å². The van der Waals surface area contributed by atoms with Gasteiger partial charge in [-0.1, -0.05) is 47.5 Å². The van der Waals surface area contributed by atoms with Gasteiger partial charge in [0.1, 0.15) is 24.2 Å². The van der Waals surface area contributed by atoms with Gasteiger partial charge in [-0.15, -0.1) is 0 Å². The molecule has 39 heavy (non-hydrogen) atoms. The predicted octanol–water partition coefficient (Wildman–Crippen LogP) is 7.31. The van der Waals surface area contributed by atoms with Gasteiger partial charge in [-0.3, -0.25) is 4.79 Å². The Morgan fingerprint density at radius 2 is 1.59 bits per heavy atom. The number of amides is 1. The van der Waals surface area contributed by atoms with Crippen LogP contribution in [-0.4, -0.2) is 23.0 Å². The molecule has 0 bridgehead atoms. The molecule has 11 heteroatoms. The van der Waals surface area contributed by atoms with E-state index in [0.717, 1.165) is 24.3 Å². The van der Waals surface area contributed by atoms with Gasteiger partial charge in [-0.25, -0.2) is 9.18 Å². The normalized spacial score (nSPS) is 12.3. The number of fused-ring (bicyclic) bond motifs is 1. The van der Waals surface area contributed by atoms with E-state index in [1.165, 1.54) is 30.3 Å². The molecule has 0 saturated heterocycles. The van der Waals surface area contributed by atoms with Crippen molar-refractivity contribution in [3.8, 4) is 5.75 Å². The van der Waals surface area contributed by atoms with Crippen molar-refractivity contribution in [2.75, 3.05) is 0 Å². The monoisotopic (exact) mass is 579 g/mol. The van der Waals surface area contributed by atoms with Crippen LogP contribution in [0.25, 0.3) is 10.8 Å². The van der Waals surface area contributed by atoms with E-state index in [2.05, 4.69) is 5.32 Å². The second-order valence-corrected chi connectivity index (χ2v) is 9.42. The molecule has 0 saturated carbocycles. The van der Waals surface area contributed by atoms with Gasteiger partial charge in [-0.2, -0.15) is 13.2 Å². The molecule has 0 aliphatic carbocycles. The molecule has 1 unspecified atom stereocenters. The van der Waals surface area contributed by atoms with E-state index in [4.69, 9.17) is 27.9 Å². The maximum absolute atomic E-state index is 13.8. The zero-order valence-electron chi connectivity index (χ0n) is 19.9. The highest BCUT2D eigenvalue weighted by Crippen LogP contribution is 2.33. The summed E-state index contributed by atoms with van der Waals surface area (Å²) in [5.74, 6) is -2.61. The molecule has 0 fully saturated rings. The summed E-state index contributed by atoms with van der Waals surface area (Å²) in [6.07, 6.45) is -4.80. The zero-order chi connectivity index (χ0) is 28.3. The van der Waals surface area contributed by atoms with Crippen molar-refractivity contribution in [3.63, 3.8) is 0 Å². The summed E-state index contributed by atoms with van der Waals surface area (Å²) in [6.45, 7) is -0.0401. The molecule has 5 nitrogen and oxygen atoms in total. The predicted molar refractivity (Wildman–Crippen MR) is 139 cm³/mol. The molecule has 2 N–H and O–H groups in total. The number of nitrogens with one attached hydrogen (secondary N) is 1. The fourth-order valence-corrected chi connectivity index (χ4v) is 4.21. The van der Waals surface area contributed by atoms with Crippen LogP contribution < -0.4 is 10.1 Å². The van der Waals surface area contributed by atoms with Crippen LogP contribution in [0, 0.1) is 5.82 Å². The lowest BCUT2D eigenvalue weighted by atomic mass is 10.0. The maximum Gasteiger partial charge on any atom is 0.416 e. The van der Waals surface area contributed by atoms with E-state index in [1.54, 1.807) is 18.2 Å². The van der Waals surface area contributed by atoms with Gasteiger partial charge >= 0.3 is 12.1 Å². The van der Waals surface area contributed by atoms with Gasteiger partial charge in [-0.05, 0) is 65.0 Å². The van der Waals surface area contributed by atoms with E-state index in [0.29, 0.717) is 26.4 Å². The van der Waals surface area contributed by atoms with E-state index in [-0.39, 0.29) is 29.9 Å². The average Bonchev–Trinajstić information content (AvgIpc) is 2.88. The second kappa shape index (κ2) is 11.5. The Morgan fingerprint density at radius 1 is 0.897 bits per heavy atom. The Bertz CT molecular complexity index is 1540. The van der Waals surface area contributed by atoms with Crippen LogP contribution in [0.2, 0.25) is 10.0 Å². The molecular formula is C28H19Cl2F4NO4. The zero-order valence-corrected chi connectivity index (χ0v) is 21.4. The average molecular weight is 580 g/mol. The third kappa shape index (κ3) is 6.79. The number of carboxylic acids is 1. The molecule has 4 rings (SSSR count). The fraction of sp³-hybridized carbons (Fsp3) is 0.143. The number of alkyl halides is 3. The largest absolute Gasteiger partial charge is 0.487 e. The van der Waals surface area contributed by atoms with Crippen molar-refractivity contribution in [1.29, 1.82) is 0 Å². The number of carbonyl (C=O) groups excluding carboxylic acids is 1. The van der Waals surface area contributed by atoms with Crippen LogP contribution in [-0.2, 0) is 24.0 Å². The molecule has 0 aliphatic heterocycles. The molecule has 0 heterocycles. The number of halogens is 6. The molecule has 202 valence electrons. The number of hydrogen-bond donors (Lipinski definition) is 2. The Hall–Kier alpha value is -3.82. The molecule has 1 atom stereocenters. The van der Waals surface area contributed by atoms with Crippen LogP contribution in [0.3, 0.4) is 0 Å². The minimum absolute atomic E-state index is 0.0205. The van der Waals surface area contributed by atoms with Crippen LogP contribution in [0.15, 0.2) is 72.8 Å². The summed E-state index contributed by atoms with van der Waals surface area (Å²) in [6, 6.07) is 14.1. The van der Waals surface area contributed by atoms with Gasteiger partial charge in [0.2, 0.25) is 0 Å². The lowest BCUT2D eigenvalue weighted by Crippen LogP contribution is -2.42. The third-order valence-corrected chi connectivity index (χ3v) is 6.61. The molecule has 0 aromatic heterocycles. The molecule has 0 spiro atoms. The highest BCUT2D eigenvalue weighted by molar-refractivity contribution is 6.42. The number of hydrogen-bond acceptors (Lipinski definition) is 3. The van der Waals surface area contributed by atoms with Crippen LogP contribution in [0.5, 0.6) is 5.75 Å². The molecule has 0 radical (unpaired) electrons. The number of benzene rings is 4. The molecule has 4 aromatic carbocycles. The number of carboxylic acid groups (broad SMARTS) is 1. The molecule has 0 aliphatic rings. The van der Waals surface area contributed by atoms with Gasteiger partial charge in [0.05, 0.1) is 21.2 Å². The Kier molecular flexibility index (Phi) is 8.32. The maximum atomic E-state index is 13.8. The first-order valence-electron chi connectivity index (χ1n) is 11.4. The smallest absolute Gasteiger partial charge is 0.416 e. The minimum Gasteiger partial charge on any atom is -0.487 e. The van der Waals surface area contributed by atoms with Gasteiger partial charge in [0.15, 0.2) is 0 Å². The first kappa shape index (κ1) is 28.2. The van der Waals surface area contributed by atoms with Crippen LogP contribution in [0.4, 0.5) is 17.6 Å². The SMILES string of the molecule is O=C(NC(Cc1ccc(C(F)(F)F)cc1)C(=O)O)c1ccc2cc(F)ccc2c1OCc1ccc(Cl)c(Cl)c1. The molecular weight excluding hydrogens is 561 g/mol. The van der Waals surface area contributed by atoms with Crippen molar-refractivity contribution in [2.24, 2.45) is 0 Å². The Morgan fingerprint density at radius 3 is 2.23 bits per heavy atom. The number of rotatable bonds is 8. The fourth-order valence-electron chi connectivity index (χ4n) is 3.89. The van der Waals surface area contributed by atoms with E-state index in [1.807, 2.05) is 0 Å². The quantitative estimate of drug-likeness (QED) is 0.215. The van der Waals surface area contributed by atoms with Gasteiger partial charge < -0.3 is 15.2 Å². The Balaban J connectivity index is 1.62. The van der Waals surface area contributed by atoms with Crippen LogP contribution in [0.1, 0.15) is 27.0 Å². The summed E-state index contributed by atoms with van der Waals surface area (Å²) >= 11 is 12.0. The van der Waals surface area contributed by atoms with Crippen molar-refractivity contribution in [3.05, 3.63) is 111 Å². The highest BCUT2D eigenvalue weighted by atomic mass is 35.5.